The Morgan fingerprint density at radius 3 is 2.52 bits per heavy atom. The maximum Gasteiger partial charge on any atom is 0.343 e. The Morgan fingerprint density at radius 1 is 1.09 bits per heavy atom. The third kappa shape index (κ3) is 5.16. The van der Waals surface area contributed by atoms with Crippen molar-refractivity contribution in [3.63, 3.8) is 0 Å². The second-order valence-electron chi connectivity index (χ2n) is 7.30. The van der Waals surface area contributed by atoms with Crippen molar-refractivity contribution in [2.24, 2.45) is 0 Å². The van der Waals surface area contributed by atoms with E-state index in [0.29, 0.717) is 16.9 Å². The lowest BCUT2D eigenvalue weighted by Gasteiger charge is -2.14. The van der Waals surface area contributed by atoms with Crippen molar-refractivity contribution >= 4 is 46.6 Å². The van der Waals surface area contributed by atoms with Crippen LogP contribution in [0.5, 0.6) is 5.75 Å². The summed E-state index contributed by atoms with van der Waals surface area (Å²) in [5, 5.41) is -0.358. The molecular weight excluding hydrogens is 465 g/mol. The van der Waals surface area contributed by atoms with Crippen molar-refractivity contribution in [2.75, 3.05) is 0 Å². The number of esters is 1. The molecule has 33 heavy (non-hydrogen) atoms. The minimum absolute atomic E-state index is 0.0856. The van der Waals surface area contributed by atoms with E-state index in [1.54, 1.807) is 48.5 Å². The first-order chi connectivity index (χ1) is 15.8. The van der Waals surface area contributed by atoms with Gasteiger partial charge in [0, 0.05) is 10.6 Å². The van der Waals surface area contributed by atoms with Crippen LogP contribution < -0.4 is 4.74 Å². The molecule has 5 nitrogen and oxygen atoms in total. The van der Waals surface area contributed by atoms with Gasteiger partial charge >= 0.3 is 5.97 Å². The molecule has 0 saturated carbocycles. The number of aryl methyl sites for hydroxylation is 1. The zero-order valence-electron chi connectivity index (χ0n) is 17.4. The van der Waals surface area contributed by atoms with Gasteiger partial charge in [-0.25, -0.2) is 9.18 Å². The first kappa shape index (κ1) is 22.8. The molecule has 1 heterocycles. The summed E-state index contributed by atoms with van der Waals surface area (Å²) in [5.74, 6) is -1.24. The molecule has 1 aliphatic heterocycles. The Hall–Kier alpha value is -3.42. The Morgan fingerprint density at radius 2 is 1.82 bits per heavy atom. The molecule has 0 unspecified atom stereocenters. The second kappa shape index (κ2) is 9.60. The number of carbonyl (C=O) groups excluding carboxylic acids is 3. The van der Waals surface area contributed by atoms with Crippen LogP contribution in [0.1, 0.15) is 27.0 Å². The summed E-state index contributed by atoms with van der Waals surface area (Å²) < 4.78 is 19.4. The van der Waals surface area contributed by atoms with E-state index in [2.05, 4.69) is 0 Å². The van der Waals surface area contributed by atoms with Gasteiger partial charge < -0.3 is 4.74 Å². The predicted octanol–water partition coefficient (Wildman–Crippen LogP) is 6.24. The van der Waals surface area contributed by atoms with Crippen LogP contribution in [0, 0.1) is 12.7 Å². The lowest BCUT2D eigenvalue weighted by Crippen LogP contribution is -2.28. The van der Waals surface area contributed by atoms with E-state index in [0.717, 1.165) is 22.2 Å². The molecule has 0 atom stereocenters. The summed E-state index contributed by atoms with van der Waals surface area (Å²) >= 11 is 6.79. The highest BCUT2D eigenvalue weighted by Gasteiger charge is 2.35. The highest BCUT2D eigenvalue weighted by molar-refractivity contribution is 8.18. The molecular formula is C25H17ClFNO4S. The number of amides is 2. The highest BCUT2D eigenvalue weighted by Crippen LogP contribution is 2.34. The molecule has 4 rings (SSSR count). The number of ether oxygens (including phenoxy) is 1. The molecule has 0 aromatic heterocycles. The molecule has 1 saturated heterocycles. The zero-order chi connectivity index (χ0) is 23.5. The Balaban J connectivity index is 1.46. The summed E-state index contributed by atoms with van der Waals surface area (Å²) in [6.45, 7) is 1.64. The van der Waals surface area contributed by atoms with Crippen molar-refractivity contribution in [3.05, 3.63) is 105 Å². The van der Waals surface area contributed by atoms with Crippen molar-refractivity contribution in [3.8, 4) is 5.75 Å². The van der Waals surface area contributed by atoms with E-state index in [4.69, 9.17) is 16.3 Å². The predicted molar refractivity (Wildman–Crippen MR) is 126 cm³/mol. The lowest BCUT2D eigenvalue weighted by atomic mass is 10.1. The van der Waals surface area contributed by atoms with E-state index >= 15 is 0 Å². The normalized spacial score (nSPS) is 14.8. The van der Waals surface area contributed by atoms with Gasteiger partial charge in [0.25, 0.3) is 11.1 Å². The highest BCUT2D eigenvalue weighted by atomic mass is 35.5. The van der Waals surface area contributed by atoms with Crippen molar-refractivity contribution in [1.29, 1.82) is 0 Å². The van der Waals surface area contributed by atoms with Crippen LogP contribution in [0.4, 0.5) is 9.18 Å². The van der Waals surface area contributed by atoms with Crippen molar-refractivity contribution in [2.45, 2.75) is 13.5 Å². The number of imide groups is 1. The number of hydrogen-bond donors (Lipinski definition) is 0. The maximum absolute atomic E-state index is 14.1. The van der Waals surface area contributed by atoms with Crippen LogP contribution in [0.3, 0.4) is 0 Å². The standard InChI is InChI=1S/C25H17ClFNO4S/c1-15-4-2-5-17(12-15)24(30)32-18-10-8-16(9-11-18)13-22-23(29)28(25(31)33-22)14-19-20(26)6-3-7-21(19)27/h2-13H,14H2,1H3/b22-13-. The fourth-order valence-electron chi connectivity index (χ4n) is 3.20. The molecule has 3 aromatic rings. The summed E-state index contributed by atoms with van der Waals surface area (Å²) in [6, 6.07) is 17.8. The number of halogens is 2. The Labute approximate surface area is 198 Å². The maximum atomic E-state index is 14.1. The molecule has 0 N–H and O–H groups in total. The summed E-state index contributed by atoms with van der Waals surface area (Å²) in [6.07, 6.45) is 1.56. The number of benzene rings is 3. The minimum atomic E-state index is -0.582. The average molecular weight is 482 g/mol. The fraction of sp³-hybridized carbons (Fsp3) is 0.0800. The summed E-state index contributed by atoms with van der Waals surface area (Å²) in [4.78, 5) is 38.5. The van der Waals surface area contributed by atoms with Crippen LogP contribution in [-0.4, -0.2) is 22.0 Å². The molecule has 2 amide bonds. The molecule has 8 heteroatoms. The monoisotopic (exact) mass is 481 g/mol. The van der Waals surface area contributed by atoms with Crippen molar-refractivity contribution < 1.29 is 23.5 Å². The number of thioether (sulfide) groups is 1. The summed E-state index contributed by atoms with van der Waals surface area (Å²) in [5.41, 5.74) is 2.12. The van der Waals surface area contributed by atoms with Gasteiger partial charge in [-0.3, -0.25) is 14.5 Å². The van der Waals surface area contributed by atoms with Gasteiger partial charge in [-0.05, 0) is 66.7 Å². The number of hydrogen-bond acceptors (Lipinski definition) is 5. The van der Waals surface area contributed by atoms with Crippen LogP contribution in [0.25, 0.3) is 6.08 Å². The molecule has 0 aliphatic carbocycles. The molecule has 0 spiro atoms. The fourth-order valence-corrected chi connectivity index (χ4v) is 4.26. The van der Waals surface area contributed by atoms with Gasteiger partial charge in [0.2, 0.25) is 0 Å². The quantitative estimate of drug-likeness (QED) is 0.245. The van der Waals surface area contributed by atoms with Gasteiger partial charge in [0.15, 0.2) is 0 Å². The van der Waals surface area contributed by atoms with E-state index in [1.807, 2.05) is 13.0 Å². The number of rotatable bonds is 5. The third-order valence-corrected chi connectivity index (χ3v) is 6.16. The average Bonchev–Trinajstić information content (AvgIpc) is 3.04. The van der Waals surface area contributed by atoms with Crippen LogP contribution in [0.2, 0.25) is 5.02 Å². The second-order valence-corrected chi connectivity index (χ2v) is 8.70. The van der Waals surface area contributed by atoms with Gasteiger partial charge in [-0.2, -0.15) is 0 Å². The van der Waals surface area contributed by atoms with Gasteiger partial charge in [0.05, 0.1) is 17.0 Å². The zero-order valence-corrected chi connectivity index (χ0v) is 19.0. The van der Waals surface area contributed by atoms with Crippen molar-refractivity contribution in [1.82, 2.24) is 4.90 Å². The number of nitrogens with zero attached hydrogens (tertiary/aromatic N) is 1. The molecule has 0 bridgehead atoms. The Kier molecular flexibility index (Phi) is 6.62. The molecule has 3 aromatic carbocycles. The van der Waals surface area contributed by atoms with Gasteiger partial charge in [0.1, 0.15) is 11.6 Å². The molecule has 166 valence electrons. The lowest BCUT2D eigenvalue weighted by molar-refractivity contribution is -0.123. The van der Waals surface area contributed by atoms with Crippen LogP contribution >= 0.6 is 23.4 Å². The number of carbonyl (C=O) groups is 3. The topological polar surface area (TPSA) is 63.7 Å². The molecule has 1 aliphatic rings. The van der Waals surface area contributed by atoms with E-state index in [9.17, 15) is 18.8 Å². The van der Waals surface area contributed by atoms with Gasteiger partial charge in [-0.15, -0.1) is 0 Å². The molecule has 0 radical (unpaired) electrons. The minimum Gasteiger partial charge on any atom is -0.423 e. The van der Waals surface area contributed by atoms with E-state index < -0.39 is 22.9 Å². The molecule has 1 fully saturated rings. The first-order valence-corrected chi connectivity index (χ1v) is 11.1. The van der Waals surface area contributed by atoms with Crippen LogP contribution in [-0.2, 0) is 11.3 Å². The largest absolute Gasteiger partial charge is 0.423 e. The van der Waals surface area contributed by atoms with E-state index in [1.165, 1.54) is 18.2 Å². The summed E-state index contributed by atoms with van der Waals surface area (Å²) in [7, 11) is 0. The SMILES string of the molecule is Cc1cccc(C(=O)Oc2ccc(/C=C3\SC(=O)N(Cc4c(F)cccc4Cl)C3=O)cc2)c1. The van der Waals surface area contributed by atoms with Crippen LogP contribution in [0.15, 0.2) is 71.6 Å². The Bertz CT molecular complexity index is 1270. The van der Waals surface area contributed by atoms with Gasteiger partial charge in [-0.1, -0.05) is 47.5 Å². The smallest absolute Gasteiger partial charge is 0.343 e. The first-order valence-electron chi connectivity index (χ1n) is 9.89. The third-order valence-electron chi connectivity index (χ3n) is 4.89. The van der Waals surface area contributed by atoms with E-state index in [-0.39, 0.29) is 22.0 Å².